The lowest BCUT2D eigenvalue weighted by molar-refractivity contribution is -0.220. The van der Waals surface area contributed by atoms with Crippen molar-refractivity contribution >= 4 is 11.9 Å². The van der Waals surface area contributed by atoms with E-state index in [-0.39, 0.29) is 37.2 Å². The molecule has 0 saturated carbocycles. The van der Waals surface area contributed by atoms with Crippen LogP contribution in [0.25, 0.3) is 0 Å². The number of nitrogens with zero attached hydrogens (tertiary/aromatic N) is 2. The highest BCUT2D eigenvalue weighted by Gasteiger charge is 2.37. The molecule has 0 radical (unpaired) electrons. The van der Waals surface area contributed by atoms with Crippen molar-refractivity contribution in [2.45, 2.75) is 51.1 Å². The molecule has 1 aromatic carbocycles. The summed E-state index contributed by atoms with van der Waals surface area (Å²) in [7, 11) is 1.14. The van der Waals surface area contributed by atoms with Crippen molar-refractivity contribution in [2.24, 2.45) is 10.8 Å². The number of amides is 1. The molecule has 0 spiro atoms. The minimum absolute atomic E-state index is 0.0114. The Balaban J connectivity index is 2.32. The third-order valence-electron chi connectivity index (χ3n) is 5.61. The van der Waals surface area contributed by atoms with E-state index >= 15 is 0 Å². The van der Waals surface area contributed by atoms with E-state index in [1.165, 1.54) is 38.1 Å². The van der Waals surface area contributed by atoms with E-state index in [1.807, 2.05) is 0 Å². The van der Waals surface area contributed by atoms with Gasteiger partial charge >= 0.3 is 18.4 Å². The Labute approximate surface area is 220 Å². The van der Waals surface area contributed by atoms with Crippen LogP contribution in [-0.4, -0.2) is 68.4 Å². The molecule has 1 aromatic rings. The van der Waals surface area contributed by atoms with Gasteiger partial charge in [-0.2, -0.15) is 31.4 Å². The lowest BCUT2D eigenvalue weighted by Gasteiger charge is -2.42. The quantitative estimate of drug-likeness (QED) is 0.143. The molecule has 1 amide bonds. The number of ether oxygens (including phenoxy) is 3. The summed E-state index contributed by atoms with van der Waals surface area (Å²) >= 11 is 0. The molecule has 8 nitrogen and oxygen atoms in total. The van der Waals surface area contributed by atoms with Gasteiger partial charge in [0.2, 0.25) is 0 Å². The highest BCUT2D eigenvalue weighted by Crippen LogP contribution is 2.34. The van der Waals surface area contributed by atoms with E-state index in [1.54, 1.807) is 4.90 Å². The van der Waals surface area contributed by atoms with Gasteiger partial charge in [0.15, 0.2) is 6.29 Å². The summed E-state index contributed by atoms with van der Waals surface area (Å²) in [6.07, 6.45) is -13.9. The van der Waals surface area contributed by atoms with Gasteiger partial charge in [0, 0.05) is 6.54 Å². The monoisotopic (exact) mass is 570 g/mol. The number of alkyl halides is 6. The van der Waals surface area contributed by atoms with E-state index in [9.17, 15) is 35.5 Å². The molecule has 1 fully saturated rings. The Morgan fingerprint density at radius 1 is 1.26 bits per heavy atom. The van der Waals surface area contributed by atoms with Gasteiger partial charge in [-0.1, -0.05) is 18.2 Å². The molecule has 15 heteroatoms. The predicted octanol–water partition coefficient (Wildman–Crippen LogP) is 4.95. The van der Waals surface area contributed by atoms with Gasteiger partial charge in [-0.05, 0) is 43.2 Å². The number of benzene rings is 1. The maximum atomic E-state index is 13.6. The molecule has 0 aromatic heterocycles. The number of allylic oxidation sites excluding steroid dienone is 3. The number of methoxy groups -OCH3 is 1. The van der Waals surface area contributed by atoms with Gasteiger partial charge in [-0.25, -0.2) is 14.6 Å². The molecule has 1 heterocycles. The second-order valence-electron chi connectivity index (χ2n) is 8.56. The molecule has 0 bridgehead atoms. The van der Waals surface area contributed by atoms with Crippen LogP contribution in [0.3, 0.4) is 0 Å². The maximum absolute atomic E-state index is 13.6. The summed E-state index contributed by atoms with van der Waals surface area (Å²) < 4.78 is 107. The average molecular weight is 571 g/mol. The first kappa shape index (κ1) is 32.0. The fourth-order valence-electron chi connectivity index (χ4n) is 3.57. The lowest BCUT2D eigenvalue weighted by Crippen LogP contribution is -2.50. The first-order valence-electron chi connectivity index (χ1n) is 11.6. The van der Waals surface area contributed by atoms with Gasteiger partial charge in [-0.3, -0.25) is 4.90 Å². The second-order valence-corrected chi connectivity index (χ2v) is 8.56. The Morgan fingerprint density at radius 3 is 2.46 bits per heavy atom. The highest BCUT2D eigenvalue weighted by molar-refractivity contribution is 5.83. The van der Waals surface area contributed by atoms with Crippen LogP contribution < -0.4 is 11.2 Å². The zero-order chi connectivity index (χ0) is 29.4. The standard InChI is InChI=1S/C24H29F7N4O4/c1-14(12-17(24(29,30)31)8-9-23(26,27)28)15(2)39-21-20(16-4-6-18(25)7-5-16)35(10-11-38-21)13-19(32)33-34-22(36)37-3/h4-8,12,15,20-21H,9-11,13H2,1-3H3,(H2,32,33)(H,34,36)/b14-12+,17-8+. The van der Waals surface area contributed by atoms with Gasteiger partial charge in [0.05, 0.1) is 44.4 Å². The number of hydrazone groups is 1. The summed E-state index contributed by atoms with van der Waals surface area (Å²) in [5.74, 6) is -0.540. The normalized spacial score (nSPS) is 21.0. The topological polar surface area (TPSA) is 98.4 Å². The van der Waals surface area contributed by atoms with Crippen molar-refractivity contribution < 1.29 is 49.7 Å². The third kappa shape index (κ3) is 10.5. The first-order chi connectivity index (χ1) is 18.1. The van der Waals surface area contributed by atoms with Crippen LogP contribution in [0.5, 0.6) is 0 Å². The number of halogens is 7. The highest BCUT2D eigenvalue weighted by atomic mass is 19.4. The molecular weight excluding hydrogens is 541 g/mol. The van der Waals surface area contributed by atoms with Crippen LogP contribution >= 0.6 is 0 Å². The molecule has 3 N–H and O–H groups in total. The zero-order valence-corrected chi connectivity index (χ0v) is 21.3. The molecule has 218 valence electrons. The van der Waals surface area contributed by atoms with Crippen molar-refractivity contribution in [3.8, 4) is 0 Å². The Hall–Kier alpha value is -3.17. The smallest absolute Gasteiger partial charge is 0.427 e. The van der Waals surface area contributed by atoms with Crippen LogP contribution in [0.1, 0.15) is 31.9 Å². The Kier molecular flexibility index (Phi) is 11.3. The summed E-state index contributed by atoms with van der Waals surface area (Å²) in [6, 6.07) is 4.58. The largest absolute Gasteiger partial charge is 0.452 e. The third-order valence-corrected chi connectivity index (χ3v) is 5.61. The van der Waals surface area contributed by atoms with Crippen LogP contribution in [-0.2, 0) is 14.2 Å². The molecule has 39 heavy (non-hydrogen) atoms. The number of hydrogen-bond donors (Lipinski definition) is 2. The number of amidine groups is 1. The van der Waals surface area contributed by atoms with E-state index in [0.717, 1.165) is 7.11 Å². The molecule has 0 aliphatic carbocycles. The lowest BCUT2D eigenvalue weighted by atomic mass is 10.0. The molecule has 3 unspecified atom stereocenters. The van der Waals surface area contributed by atoms with E-state index < -0.39 is 54.7 Å². The van der Waals surface area contributed by atoms with Crippen molar-refractivity contribution in [1.29, 1.82) is 0 Å². The van der Waals surface area contributed by atoms with Gasteiger partial charge in [0.25, 0.3) is 0 Å². The number of nitrogens with two attached hydrogens (primary N) is 1. The number of nitrogens with one attached hydrogen (secondary N) is 1. The van der Waals surface area contributed by atoms with Gasteiger partial charge in [-0.15, -0.1) is 0 Å². The van der Waals surface area contributed by atoms with Crippen molar-refractivity contribution in [2.75, 3.05) is 26.8 Å². The molecule has 1 aliphatic heterocycles. The Morgan fingerprint density at radius 2 is 1.90 bits per heavy atom. The molecule has 3 atom stereocenters. The fourth-order valence-corrected chi connectivity index (χ4v) is 3.57. The Bertz CT molecular complexity index is 1060. The van der Waals surface area contributed by atoms with Crippen LogP contribution in [0.15, 0.2) is 52.7 Å². The number of rotatable bonds is 9. The number of carbonyl (C=O) groups excluding carboxylic acids is 1. The molecule has 2 rings (SSSR count). The van der Waals surface area contributed by atoms with E-state index in [4.69, 9.17) is 15.2 Å². The first-order valence-corrected chi connectivity index (χ1v) is 11.6. The summed E-state index contributed by atoms with van der Waals surface area (Å²) in [6.45, 7) is 3.09. The molecule has 1 saturated heterocycles. The number of hydrogen-bond acceptors (Lipinski definition) is 6. The van der Waals surface area contributed by atoms with Crippen LogP contribution in [0, 0.1) is 5.82 Å². The summed E-state index contributed by atoms with van der Waals surface area (Å²) in [5, 5.41) is 3.72. The molecular formula is C24H29F7N4O4. The molecule has 1 aliphatic rings. The predicted molar refractivity (Wildman–Crippen MR) is 127 cm³/mol. The summed E-state index contributed by atoms with van der Waals surface area (Å²) in [5.41, 5.74) is 7.04. The fraction of sp³-hybridized carbons (Fsp3) is 0.500. The van der Waals surface area contributed by atoms with E-state index in [0.29, 0.717) is 11.6 Å². The SMILES string of the molecule is COC(=O)N/N=C(\N)CN1CCOC(OC(C)/C(C)=C/C(=C\CC(F)(F)F)C(F)(F)F)C1c1ccc(F)cc1. The maximum Gasteiger partial charge on any atom is 0.427 e. The minimum atomic E-state index is -5.02. The van der Waals surface area contributed by atoms with Crippen molar-refractivity contribution in [1.82, 2.24) is 10.3 Å². The van der Waals surface area contributed by atoms with Crippen LogP contribution in [0.2, 0.25) is 0 Å². The second kappa shape index (κ2) is 13.8. The number of carbonyl (C=O) groups is 1. The zero-order valence-electron chi connectivity index (χ0n) is 21.3. The van der Waals surface area contributed by atoms with Crippen molar-refractivity contribution in [3.63, 3.8) is 0 Å². The number of morpholine rings is 1. The van der Waals surface area contributed by atoms with Crippen molar-refractivity contribution in [3.05, 3.63) is 58.9 Å². The minimum Gasteiger partial charge on any atom is -0.452 e. The summed E-state index contributed by atoms with van der Waals surface area (Å²) in [4.78, 5) is 13.0. The average Bonchev–Trinajstić information content (AvgIpc) is 2.84. The van der Waals surface area contributed by atoms with Gasteiger partial charge in [0.1, 0.15) is 11.7 Å². The van der Waals surface area contributed by atoms with Gasteiger partial charge < -0.3 is 19.9 Å². The van der Waals surface area contributed by atoms with Crippen LogP contribution in [0.4, 0.5) is 35.5 Å². The van der Waals surface area contributed by atoms with E-state index in [2.05, 4.69) is 15.3 Å².